The van der Waals surface area contributed by atoms with Gasteiger partial charge in [0.05, 0.1) is 5.52 Å². The van der Waals surface area contributed by atoms with Crippen LogP contribution >= 0.6 is 0 Å². The van der Waals surface area contributed by atoms with Crippen LogP contribution in [0.3, 0.4) is 0 Å². The van der Waals surface area contributed by atoms with E-state index >= 15 is 0 Å². The summed E-state index contributed by atoms with van der Waals surface area (Å²) in [6.07, 6.45) is 5.78. The monoisotopic (exact) mass is 308 g/mol. The number of imidazole rings is 1. The number of nitrogens with zero attached hydrogens (tertiary/aromatic N) is 4. The first-order valence-electron chi connectivity index (χ1n) is 8.09. The number of hydrogen-bond acceptors (Lipinski definition) is 3. The van der Waals surface area contributed by atoms with Crippen molar-refractivity contribution >= 4 is 10.9 Å². The van der Waals surface area contributed by atoms with Gasteiger partial charge in [-0.15, -0.1) is 0 Å². The van der Waals surface area contributed by atoms with Gasteiger partial charge < -0.3 is 9.47 Å². The molecular weight excluding hydrogens is 284 g/mol. The number of hydrogen-bond donors (Lipinski definition) is 0. The highest BCUT2D eigenvalue weighted by Gasteiger charge is 2.18. The highest BCUT2D eigenvalue weighted by molar-refractivity contribution is 5.82. The minimum absolute atomic E-state index is 0.474. The van der Waals surface area contributed by atoms with Crippen LogP contribution in [0.5, 0.6) is 0 Å². The van der Waals surface area contributed by atoms with Crippen LogP contribution in [-0.4, -0.2) is 39.6 Å². The van der Waals surface area contributed by atoms with E-state index in [1.807, 2.05) is 18.5 Å². The molecule has 0 aliphatic carbocycles. The third kappa shape index (κ3) is 3.27. The molecule has 4 nitrogen and oxygen atoms in total. The van der Waals surface area contributed by atoms with E-state index < -0.39 is 0 Å². The Morgan fingerprint density at radius 1 is 1.09 bits per heavy atom. The normalized spacial score (nSPS) is 13.1. The molecule has 1 atom stereocenters. The summed E-state index contributed by atoms with van der Waals surface area (Å²) < 4.78 is 2.24. The van der Waals surface area contributed by atoms with Crippen molar-refractivity contribution in [2.75, 3.05) is 14.1 Å². The molecule has 0 N–H and O–H groups in total. The zero-order chi connectivity index (χ0) is 16.4. The van der Waals surface area contributed by atoms with Gasteiger partial charge in [0.2, 0.25) is 0 Å². The average Bonchev–Trinajstić information content (AvgIpc) is 2.99. The summed E-state index contributed by atoms with van der Waals surface area (Å²) in [5.41, 5.74) is 2.12. The van der Waals surface area contributed by atoms with Crippen molar-refractivity contribution in [2.45, 2.75) is 26.4 Å². The van der Waals surface area contributed by atoms with Crippen molar-refractivity contribution in [3.05, 3.63) is 48.9 Å². The minimum Gasteiger partial charge on any atom is -0.329 e. The molecular formula is C19H24N4. The van der Waals surface area contributed by atoms with Gasteiger partial charge in [-0.2, -0.15) is 0 Å². The Balaban J connectivity index is 1.96. The SMILES string of the molecule is CC(C)C(Cn1ccnc1-c1ccc2cccnc2c1)N(C)C. The Morgan fingerprint density at radius 3 is 2.65 bits per heavy atom. The molecule has 0 spiro atoms. The summed E-state index contributed by atoms with van der Waals surface area (Å²) in [5.74, 6) is 1.59. The van der Waals surface area contributed by atoms with Gasteiger partial charge in [0, 0.05) is 42.1 Å². The molecule has 0 aliphatic rings. The summed E-state index contributed by atoms with van der Waals surface area (Å²) in [7, 11) is 4.28. The molecule has 2 heterocycles. The number of pyridine rings is 1. The number of rotatable bonds is 5. The quantitative estimate of drug-likeness (QED) is 0.721. The van der Waals surface area contributed by atoms with E-state index in [0.29, 0.717) is 12.0 Å². The zero-order valence-electron chi connectivity index (χ0n) is 14.3. The van der Waals surface area contributed by atoms with Crippen molar-refractivity contribution in [1.29, 1.82) is 0 Å². The summed E-state index contributed by atoms with van der Waals surface area (Å²) in [5, 5.41) is 1.16. The van der Waals surface area contributed by atoms with Gasteiger partial charge in [-0.05, 0) is 32.1 Å². The van der Waals surface area contributed by atoms with Crippen LogP contribution in [-0.2, 0) is 6.54 Å². The third-order valence-corrected chi connectivity index (χ3v) is 4.40. The van der Waals surface area contributed by atoms with Crippen LogP contribution in [0.15, 0.2) is 48.9 Å². The zero-order valence-corrected chi connectivity index (χ0v) is 14.3. The minimum atomic E-state index is 0.474. The second-order valence-electron chi connectivity index (χ2n) is 6.59. The number of fused-ring (bicyclic) bond motifs is 1. The molecule has 3 rings (SSSR count). The van der Waals surface area contributed by atoms with Gasteiger partial charge >= 0.3 is 0 Å². The Labute approximate surface area is 137 Å². The summed E-state index contributed by atoms with van der Waals surface area (Å²) in [6, 6.07) is 10.9. The Morgan fingerprint density at radius 2 is 1.91 bits per heavy atom. The predicted molar refractivity (Wildman–Crippen MR) is 95.3 cm³/mol. The summed E-state index contributed by atoms with van der Waals surface area (Å²) in [6.45, 7) is 5.46. The topological polar surface area (TPSA) is 34.0 Å². The van der Waals surface area contributed by atoms with Crippen molar-refractivity contribution in [3.8, 4) is 11.4 Å². The van der Waals surface area contributed by atoms with Crippen LogP contribution in [0.1, 0.15) is 13.8 Å². The second-order valence-corrected chi connectivity index (χ2v) is 6.59. The van der Waals surface area contributed by atoms with Crippen molar-refractivity contribution in [3.63, 3.8) is 0 Å². The largest absolute Gasteiger partial charge is 0.329 e. The predicted octanol–water partition coefficient (Wildman–Crippen LogP) is 3.68. The molecule has 0 bridgehead atoms. The molecule has 0 radical (unpaired) electrons. The maximum Gasteiger partial charge on any atom is 0.140 e. The van der Waals surface area contributed by atoms with Crippen LogP contribution in [0.25, 0.3) is 22.3 Å². The van der Waals surface area contributed by atoms with Crippen molar-refractivity contribution in [1.82, 2.24) is 19.4 Å². The van der Waals surface area contributed by atoms with E-state index in [4.69, 9.17) is 0 Å². The van der Waals surface area contributed by atoms with E-state index in [9.17, 15) is 0 Å². The van der Waals surface area contributed by atoms with Gasteiger partial charge in [0.25, 0.3) is 0 Å². The molecule has 2 aromatic heterocycles. The van der Waals surface area contributed by atoms with Crippen LogP contribution in [0.2, 0.25) is 0 Å². The smallest absolute Gasteiger partial charge is 0.140 e. The molecule has 0 fully saturated rings. The Hall–Kier alpha value is -2.20. The average molecular weight is 308 g/mol. The van der Waals surface area contributed by atoms with Gasteiger partial charge in [-0.25, -0.2) is 4.98 Å². The molecule has 1 aromatic carbocycles. The van der Waals surface area contributed by atoms with Crippen LogP contribution in [0, 0.1) is 5.92 Å². The van der Waals surface area contributed by atoms with Gasteiger partial charge in [-0.3, -0.25) is 4.98 Å². The molecule has 4 heteroatoms. The Bertz CT molecular complexity index is 781. The fraction of sp³-hybridized carbons (Fsp3) is 0.368. The standard InChI is InChI=1S/C19H24N4/c1-14(2)18(22(3)4)13-23-11-10-21-19(23)16-8-7-15-6-5-9-20-17(15)12-16/h5-12,14,18H,13H2,1-4H3. The first-order valence-corrected chi connectivity index (χ1v) is 8.09. The van der Waals surface area contributed by atoms with Gasteiger partial charge in [-0.1, -0.05) is 32.0 Å². The Kier molecular flexibility index (Phi) is 4.44. The lowest BCUT2D eigenvalue weighted by Gasteiger charge is -2.28. The first kappa shape index (κ1) is 15.7. The molecule has 3 aromatic rings. The van der Waals surface area contributed by atoms with E-state index in [1.165, 1.54) is 0 Å². The number of likely N-dealkylation sites (N-methyl/N-ethyl adjacent to an activating group) is 1. The molecule has 0 saturated heterocycles. The molecule has 1 unspecified atom stereocenters. The third-order valence-electron chi connectivity index (χ3n) is 4.40. The van der Waals surface area contributed by atoms with Gasteiger partial charge in [0.1, 0.15) is 5.82 Å². The first-order chi connectivity index (χ1) is 11.1. The molecule has 0 amide bonds. The van der Waals surface area contributed by atoms with Crippen molar-refractivity contribution < 1.29 is 0 Å². The molecule has 0 aliphatic heterocycles. The lowest BCUT2D eigenvalue weighted by atomic mass is 10.0. The molecule has 120 valence electrons. The number of benzene rings is 1. The fourth-order valence-electron chi connectivity index (χ4n) is 3.09. The van der Waals surface area contributed by atoms with Gasteiger partial charge in [0.15, 0.2) is 0 Å². The lowest BCUT2D eigenvalue weighted by molar-refractivity contribution is 0.207. The van der Waals surface area contributed by atoms with Crippen LogP contribution < -0.4 is 0 Å². The second kappa shape index (κ2) is 6.50. The highest BCUT2D eigenvalue weighted by atomic mass is 15.2. The molecule has 0 saturated carbocycles. The van der Waals surface area contributed by atoms with E-state index in [2.05, 4.69) is 77.8 Å². The summed E-state index contributed by atoms with van der Waals surface area (Å²) in [4.78, 5) is 11.3. The van der Waals surface area contributed by atoms with E-state index in [-0.39, 0.29) is 0 Å². The number of aromatic nitrogens is 3. The molecule has 23 heavy (non-hydrogen) atoms. The van der Waals surface area contributed by atoms with E-state index in [0.717, 1.165) is 28.8 Å². The maximum atomic E-state index is 4.58. The van der Waals surface area contributed by atoms with Crippen molar-refractivity contribution in [2.24, 2.45) is 5.92 Å². The lowest BCUT2D eigenvalue weighted by Crippen LogP contribution is -2.36. The maximum absolute atomic E-state index is 4.58. The fourth-order valence-corrected chi connectivity index (χ4v) is 3.09. The highest BCUT2D eigenvalue weighted by Crippen LogP contribution is 2.23. The van der Waals surface area contributed by atoms with E-state index in [1.54, 1.807) is 0 Å². The summed E-state index contributed by atoms with van der Waals surface area (Å²) >= 11 is 0. The van der Waals surface area contributed by atoms with Crippen LogP contribution in [0.4, 0.5) is 0 Å².